The highest BCUT2D eigenvalue weighted by Gasteiger charge is 2.28. The second-order valence-corrected chi connectivity index (χ2v) is 7.05. The van der Waals surface area contributed by atoms with E-state index in [1.54, 1.807) is 0 Å². The van der Waals surface area contributed by atoms with Gasteiger partial charge in [-0.25, -0.2) is 4.68 Å². The summed E-state index contributed by atoms with van der Waals surface area (Å²) < 4.78 is 1.92. The van der Waals surface area contributed by atoms with Crippen LogP contribution in [-0.2, 0) is 4.79 Å². The zero-order chi connectivity index (χ0) is 13.9. The normalized spacial score (nSPS) is 21.6. The average Bonchev–Trinajstić information content (AvgIpc) is 3.16. The standard InChI is InChI=1S/C13H21N5OS/c1-9(12(19)14-10-7-8-10)20-13-15-16-17-18(13)11-5-3-2-4-6-11/h9-11H,2-8H2,1H3,(H,14,19). The van der Waals surface area contributed by atoms with Crippen LogP contribution in [0.15, 0.2) is 5.16 Å². The Hall–Kier alpha value is -1.11. The fourth-order valence-corrected chi connectivity index (χ4v) is 3.44. The molecule has 0 radical (unpaired) electrons. The van der Waals surface area contributed by atoms with Crippen molar-refractivity contribution in [3.05, 3.63) is 0 Å². The van der Waals surface area contributed by atoms with Gasteiger partial charge in [-0.05, 0) is 43.0 Å². The molecule has 110 valence electrons. The van der Waals surface area contributed by atoms with Crippen molar-refractivity contribution in [1.82, 2.24) is 25.5 Å². The van der Waals surface area contributed by atoms with Crippen LogP contribution in [0.4, 0.5) is 0 Å². The largest absolute Gasteiger partial charge is 0.352 e. The van der Waals surface area contributed by atoms with Crippen molar-refractivity contribution < 1.29 is 4.79 Å². The lowest BCUT2D eigenvalue weighted by Gasteiger charge is -2.22. The number of amides is 1. The van der Waals surface area contributed by atoms with Crippen molar-refractivity contribution in [3.8, 4) is 0 Å². The Labute approximate surface area is 123 Å². The number of carbonyl (C=O) groups excluding carboxylic acids is 1. The summed E-state index contributed by atoms with van der Waals surface area (Å²) in [6, 6.07) is 0.805. The molecule has 20 heavy (non-hydrogen) atoms. The molecule has 0 aromatic carbocycles. The lowest BCUT2D eigenvalue weighted by molar-refractivity contribution is -0.120. The topological polar surface area (TPSA) is 72.7 Å². The minimum Gasteiger partial charge on any atom is -0.352 e. The fourth-order valence-electron chi connectivity index (χ4n) is 2.58. The van der Waals surface area contributed by atoms with Gasteiger partial charge in [0.15, 0.2) is 0 Å². The summed E-state index contributed by atoms with van der Waals surface area (Å²) in [5.74, 6) is 0.0932. The van der Waals surface area contributed by atoms with Crippen LogP contribution >= 0.6 is 11.8 Å². The van der Waals surface area contributed by atoms with Gasteiger partial charge in [-0.2, -0.15) is 0 Å². The maximum Gasteiger partial charge on any atom is 0.233 e. The first-order chi connectivity index (χ1) is 9.74. The van der Waals surface area contributed by atoms with Gasteiger partial charge in [0, 0.05) is 6.04 Å². The summed E-state index contributed by atoms with van der Waals surface area (Å²) in [6.45, 7) is 1.92. The van der Waals surface area contributed by atoms with Crippen molar-refractivity contribution in [1.29, 1.82) is 0 Å². The van der Waals surface area contributed by atoms with Gasteiger partial charge in [-0.15, -0.1) is 5.10 Å². The minimum atomic E-state index is -0.149. The van der Waals surface area contributed by atoms with Crippen molar-refractivity contribution in [3.63, 3.8) is 0 Å². The first-order valence-corrected chi connectivity index (χ1v) is 8.37. The lowest BCUT2D eigenvalue weighted by Crippen LogP contribution is -2.32. The molecular weight excluding hydrogens is 274 g/mol. The van der Waals surface area contributed by atoms with E-state index in [-0.39, 0.29) is 11.2 Å². The van der Waals surface area contributed by atoms with Crippen molar-refractivity contribution >= 4 is 17.7 Å². The summed E-state index contributed by atoms with van der Waals surface area (Å²) in [7, 11) is 0. The van der Waals surface area contributed by atoms with Gasteiger partial charge < -0.3 is 5.32 Å². The molecule has 0 saturated heterocycles. The molecule has 1 N–H and O–H groups in total. The third kappa shape index (κ3) is 3.31. The number of nitrogens with zero attached hydrogens (tertiary/aromatic N) is 4. The number of hydrogen-bond donors (Lipinski definition) is 1. The molecule has 0 aliphatic heterocycles. The third-order valence-corrected chi connectivity index (χ3v) is 5.01. The molecule has 6 nitrogen and oxygen atoms in total. The molecular formula is C13H21N5OS. The zero-order valence-corrected chi connectivity index (χ0v) is 12.6. The van der Waals surface area contributed by atoms with Gasteiger partial charge in [0.2, 0.25) is 11.1 Å². The zero-order valence-electron chi connectivity index (χ0n) is 11.8. The molecule has 2 aliphatic carbocycles. The molecule has 3 rings (SSSR count). The number of hydrogen-bond acceptors (Lipinski definition) is 5. The molecule has 1 aromatic rings. The second-order valence-electron chi connectivity index (χ2n) is 5.74. The van der Waals surface area contributed by atoms with E-state index >= 15 is 0 Å². The molecule has 1 heterocycles. The quantitative estimate of drug-likeness (QED) is 0.840. The van der Waals surface area contributed by atoms with E-state index in [0.717, 1.165) is 30.8 Å². The Morgan fingerprint density at radius 3 is 2.75 bits per heavy atom. The van der Waals surface area contributed by atoms with Gasteiger partial charge in [0.1, 0.15) is 0 Å². The number of tetrazole rings is 1. The number of rotatable bonds is 5. The van der Waals surface area contributed by atoms with Crippen LogP contribution in [0.1, 0.15) is 57.9 Å². The van der Waals surface area contributed by atoms with Gasteiger partial charge in [-0.3, -0.25) is 4.79 Å². The van der Waals surface area contributed by atoms with Crippen LogP contribution in [0.25, 0.3) is 0 Å². The Morgan fingerprint density at radius 2 is 2.05 bits per heavy atom. The van der Waals surface area contributed by atoms with E-state index in [1.807, 2.05) is 11.6 Å². The summed E-state index contributed by atoms with van der Waals surface area (Å²) in [6.07, 6.45) is 8.30. The maximum absolute atomic E-state index is 12.0. The molecule has 0 spiro atoms. The van der Waals surface area contributed by atoms with Crippen LogP contribution in [0.2, 0.25) is 0 Å². The molecule has 1 aromatic heterocycles. The molecule has 1 atom stereocenters. The smallest absolute Gasteiger partial charge is 0.233 e. The van der Waals surface area contributed by atoms with Crippen LogP contribution in [0.5, 0.6) is 0 Å². The fraction of sp³-hybridized carbons (Fsp3) is 0.846. The number of carbonyl (C=O) groups is 1. The Morgan fingerprint density at radius 1 is 1.30 bits per heavy atom. The number of aromatic nitrogens is 4. The van der Waals surface area contributed by atoms with Crippen LogP contribution < -0.4 is 5.32 Å². The van der Waals surface area contributed by atoms with Crippen molar-refractivity contribution in [2.45, 2.75) is 74.4 Å². The predicted molar refractivity (Wildman–Crippen MR) is 76.4 cm³/mol. The predicted octanol–water partition coefficient (Wildman–Crippen LogP) is 1.94. The third-order valence-electron chi connectivity index (χ3n) is 3.96. The minimum absolute atomic E-state index is 0.0932. The van der Waals surface area contributed by atoms with E-state index in [4.69, 9.17) is 0 Å². The molecule has 7 heteroatoms. The lowest BCUT2D eigenvalue weighted by atomic mass is 9.96. The van der Waals surface area contributed by atoms with Gasteiger partial charge >= 0.3 is 0 Å². The van der Waals surface area contributed by atoms with Gasteiger partial charge in [0.25, 0.3) is 0 Å². The SMILES string of the molecule is CC(Sc1nnnn1C1CCCCC1)C(=O)NC1CC1. The summed E-state index contributed by atoms with van der Waals surface area (Å²) >= 11 is 1.46. The van der Waals surface area contributed by atoms with E-state index in [1.165, 1.54) is 31.0 Å². The van der Waals surface area contributed by atoms with Crippen molar-refractivity contribution in [2.75, 3.05) is 0 Å². The van der Waals surface area contributed by atoms with Crippen molar-refractivity contribution in [2.24, 2.45) is 0 Å². The van der Waals surface area contributed by atoms with E-state index < -0.39 is 0 Å². The highest BCUT2D eigenvalue weighted by molar-refractivity contribution is 8.00. The van der Waals surface area contributed by atoms with Crippen LogP contribution in [0, 0.1) is 0 Å². The molecule has 1 unspecified atom stereocenters. The monoisotopic (exact) mass is 295 g/mol. The Bertz CT molecular complexity index is 467. The molecule has 2 fully saturated rings. The molecule has 0 bridgehead atoms. The first kappa shape index (κ1) is 13.9. The summed E-state index contributed by atoms with van der Waals surface area (Å²) in [5, 5.41) is 15.7. The average molecular weight is 295 g/mol. The first-order valence-electron chi connectivity index (χ1n) is 7.49. The second kappa shape index (κ2) is 6.11. The van der Waals surface area contributed by atoms with E-state index in [0.29, 0.717) is 12.1 Å². The van der Waals surface area contributed by atoms with Crippen LogP contribution in [-0.4, -0.2) is 37.4 Å². The van der Waals surface area contributed by atoms with E-state index in [9.17, 15) is 4.79 Å². The maximum atomic E-state index is 12.0. The van der Waals surface area contributed by atoms with E-state index in [2.05, 4.69) is 20.8 Å². The molecule has 1 amide bonds. The highest BCUT2D eigenvalue weighted by atomic mass is 32.2. The highest BCUT2D eigenvalue weighted by Crippen LogP contribution is 2.31. The van der Waals surface area contributed by atoms with Crippen LogP contribution in [0.3, 0.4) is 0 Å². The van der Waals surface area contributed by atoms with Gasteiger partial charge in [0.05, 0.1) is 11.3 Å². The number of nitrogens with one attached hydrogen (secondary N) is 1. The molecule has 2 saturated carbocycles. The Kier molecular flexibility index (Phi) is 4.24. The summed E-state index contributed by atoms with van der Waals surface area (Å²) in [5.41, 5.74) is 0. The molecule has 2 aliphatic rings. The van der Waals surface area contributed by atoms with Gasteiger partial charge in [-0.1, -0.05) is 31.0 Å². The Balaban J connectivity index is 1.61. The summed E-state index contributed by atoms with van der Waals surface area (Å²) in [4.78, 5) is 12.0. The number of thioether (sulfide) groups is 1.